The molecule has 0 aliphatic heterocycles. The molecule has 7 nitrogen and oxygen atoms in total. The SMILES string of the molecule is CC(=O)O[C@H]1CC[C@@]2(C)C(=C[C@H](OC(C)=O)[C@H]3C4CCC(=O)[C@@]4(C)C[C@@H](OC(C)=O)[C@@H]32)C1. The van der Waals surface area contributed by atoms with Crippen molar-refractivity contribution in [3.8, 4) is 0 Å². The van der Waals surface area contributed by atoms with Gasteiger partial charge in [-0.05, 0) is 43.1 Å². The Balaban J connectivity index is 1.81. The standard InChI is InChI=1S/C25H34O7/c1-13(26)30-17-8-9-24(4)16(10-17)11-19(31-14(2)27)22-18-6-7-21(29)25(18,5)12-20(23(22)24)32-15(3)28/h11,17-20,22-23H,6-10,12H2,1-5H3/t17-,18?,19-,20+,22+,23-,24-,25-/m0/s1. The Morgan fingerprint density at radius 3 is 2.22 bits per heavy atom. The Morgan fingerprint density at radius 2 is 1.59 bits per heavy atom. The molecule has 8 atom stereocenters. The molecule has 0 saturated heterocycles. The fraction of sp³-hybridized carbons (Fsp3) is 0.760. The van der Waals surface area contributed by atoms with Gasteiger partial charge in [0.1, 0.15) is 24.1 Å². The van der Waals surface area contributed by atoms with Gasteiger partial charge >= 0.3 is 17.9 Å². The van der Waals surface area contributed by atoms with Crippen molar-refractivity contribution in [2.24, 2.45) is 28.6 Å². The van der Waals surface area contributed by atoms with E-state index in [1.807, 2.05) is 13.0 Å². The van der Waals surface area contributed by atoms with Gasteiger partial charge in [-0.3, -0.25) is 19.2 Å². The van der Waals surface area contributed by atoms with Crippen LogP contribution in [0.25, 0.3) is 0 Å². The predicted octanol–water partition coefficient (Wildman–Crippen LogP) is 3.53. The Morgan fingerprint density at radius 1 is 0.938 bits per heavy atom. The quantitative estimate of drug-likeness (QED) is 0.372. The molecule has 0 heterocycles. The van der Waals surface area contributed by atoms with E-state index in [9.17, 15) is 19.2 Å². The Bertz CT molecular complexity index is 876. The van der Waals surface area contributed by atoms with Crippen LogP contribution < -0.4 is 0 Å². The molecule has 0 radical (unpaired) electrons. The second-order valence-electron chi connectivity index (χ2n) is 10.6. The molecule has 0 aromatic heterocycles. The number of esters is 3. The third-order valence-corrected chi connectivity index (χ3v) is 8.64. The number of ether oxygens (including phenoxy) is 3. The molecule has 0 aromatic rings. The summed E-state index contributed by atoms with van der Waals surface area (Å²) in [5, 5.41) is 0. The summed E-state index contributed by atoms with van der Waals surface area (Å²) in [5.41, 5.74) is 0.217. The number of rotatable bonds is 3. The molecule has 0 spiro atoms. The molecule has 4 aliphatic carbocycles. The highest BCUT2D eigenvalue weighted by molar-refractivity contribution is 5.87. The summed E-state index contributed by atoms with van der Waals surface area (Å²) in [6.07, 6.45) is 4.74. The van der Waals surface area contributed by atoms with Crippen LogP contribution in [0, 0.1) is 28.6 Å². The number of carbonyl (C=O) groups excluding carboxylic acids is 4. The number of carbonyl (C=O) groups is 4. The van der Waals surface area contributed by atoms with Crippen LogP contribution in [0.3, 0.4) is 0 Å². The van der Waals surface area contributed by atoms with Crippen LogP contribution in [-0.2, 0) is 33.4 Å². The van der Waals surface area contributed by atoms with Gasteiger partial charge in [-0.1, -0.05) is 19.4 Å². The zero-order valence-corrected chi connectivity index (χ0v) is 19.6. The maximum absolute atomic E-state index is 13.0. The topological polar surface area (TPSA) is 96.0 Å². The van der Waals surface area contributed by atoms with Gasteiger partial charge in [0.25, 0.3) is 0 Å². The van der Waals surface area contributed by atoms with E-state index < -0.39 is 17.6 Å². The third kappa shape index (κ3) is 3.67. The number of ketones is 1. The van der Waals surface area contributed by atoms with E-state index in [-0.39, 0.29) is 53.0 Å². The molecular formula is C25H34O7. The lowest BCUT2D eigenvalue weighted by molar-refractivity contribution is -0.189. The van der Waals surface area contributed by atoms with Crippen molar-refractivity contribution in [1.29, 1.82) is 0 Å². The first-order valence-electron chi connectivity index (χ1n) is 11.7. The van der Waals surface area contributed by atoms with Gasteiger partial charge in [0.05, 0.1) is 0 Å². The summed E-state index contributed by atoms with van der Waals surface area (Å²) in [7, 11) is 0. The third-order valence-electron chi connectivity index (χ3n) is 8.64. The van der Waals surface area contributed by atoms with Crippen LogP contribution >= 0.6 is 0 Å². The molecule has 4 rings (SSSR count). The molecule has 4 aliphatic rings. The highest BCUT2D eigenvalue weighted by Crippen LogP contribution is 2.65. The molecule has 3 fully saturated rings. The second kappa shape index (κ2) is 7.99. The molecule has 0 amide bonds. The highest BCUT2D eigenvalue weighted by Gasteiger charge is 2.65. The van der Waals surface area contributed by atoms with Crippen molar-refractivity contribution in [1.82, 2.24) is 0 Å². The lowest BCUT2D eigenvalue weighted by atomic mass is 9.46. The Kier molecular flexibility index (Phi) is 5.74. The molecule has 176 valence electrons. The average Bonchev–Trinajstić information content (AvgIpc) is 2.95. The van der Waals surface area contributed by atoms with Gasteiger partial charge in [0.2, 0.25) is 0 Å². The largest absolute Gasteiger partial charge is 0.462 e. The van der Waals surface area contributed by atoms with E-state index in [1.165, 1.54) is 20.8 Å². The summed E-state index contributed by atoms with van der Waals surface area (Å²) in [5.74, 6) is -0.943. The van der Waals surface area contributed by atoms with Crippen LogP contribution in [0.1, 0.15) is 73.1 Å². The zero-order valence-electron chi connectivity index (χ0n) is 19.6. The molecular weight excluding hydrogens is 412 g/mol. The summed E-state index contributed by atoms with van der Waals surface area (Å²) in [6.45, 7) is 8.40. The van der Waals surface area contributed by atoms with E-state index in [1.54, 1.807) is 0 Å². The molecule has 0 N–H and O–H groups in total. The predicted molar refractivity (Wildman–Crippen MR) is 114 cm³/mol. The minimum Gasteiger partial charge on any atom is -0.462 e. The zero-order chi connectivity index (χ0) is 23.4. The molecule has 7 heteroatoms. The monoisotopic (exact) mass is 446 g/mol. The van der Waals surface area contributed by atoms with Crippen molar-refractivity contribution in [2.75, 3.05) is 0 Å². The maximum atomic E-state index is 13.0. The van der Waals surface area contributed by atoms with Crippen molar-refractivity contribution < 1.29 is 33.4 Å². The van der Waals surface area contributed by atoms with Crippen LogP contribution in [-0.4, -0.2) is 42.0 Å². The minimum atomic E-state index is -0.587. The van der Waals surface area contributed by atoms with Crippen LogP contribution in [0.15, 0.2) is 11.6 Å². The van der Waals surface area contributed by atoms with Crippen molar-refractivity contribution in [2.45, 2.75) is 91.5 Å². The second-order valence-corrected chi connectivity index (χ2v) is 10.6. The Labute approximate surface area is 189 Å². The normalized spacial score (nSPS) is 42.7. The Hall–Kier alpha value is -2.18. The number of hydrogen-bond acceptors (Lipinski definition) is 7. The first kappa shape index (κ1) is 23.0. The van der Waals surface area contributed by atoms with Crippen molar-refractivity contribution in [3.63, 3.8) is 0 Å². The number of Topliss-reactive ketones (excluding diaryl/α,β-unsaturated/α-hetero) is 1. The van der Waals surface area contributed by atoms with E-state index in [0.29, 0.717) is 19.3 Å². The van der Waals surface area contributed by atoms with Gasteiger partial charge in [-0.25, -0.2) is 0 Å². The molecule has 1 unspecified atom stereocenters. The van der Waals surface area contributed by atoms with Crippen LogP contribution in [0.5, 0.6) is 0 Å². The van der Waals surface area contributed by atoms with Crippen molar-refractivity contribution in [3.05, 3.63) is 11.6 Å². The average molecular weight is 447 g/mol. The lowest BCUT2D eigenvalue weighted by Gasteiger charge is -2.60. The molecule has 0 aromatic carbocycles. The molecule has 32 heavy (non-hydrogen) atoms. The summed E-state index contributed by atoms with van der Waals surface area (Å²) >= 11 is 0. The first-order chi connectivity index (χ1) is 15.0. The van der Waals surface area contributed by atoms with E-state index >= 15 is 0 Å². The summed E-state index contributed by atoms with van der Waals surface area (Å²) < 4.78 is 17.2. The van der Waals surface area contributed by atoms with E-state index in [0.717, 1.165) is 24.8 Å². The number of fused-ring (bicyclic) bond motifs is 5. The van der Waals surface area contributed by atoms with Crippen LogP contribution in [0.4, 0.5) is 0 Å². The fourth-order valence-corrected chi connectivity index (χ4v) is 7.41. The lowest BCUT2D eigenvalue weighted by Crippen LogP contribution is -2.61. The van der Waals surface area contributed by atoms with Gasteiger partial charge in [0.15, 0.2) is 0 Å². The fourth-order valence-electron chi connectivity index (χ4n) is 7.41. The highest BCUT2D eigenvalue weighted by atomic mass is 16.6. The van der Waals surface area contributed by atoms with Crippen LogP contribution in [0.2, 0.25) is 0 Å². The van der Waals surface area contributed by atoms with E-state index in [4.69, 9.17) is 14.2 Å². The molecule has 3 saturated carbocycles. The first-order valence-corrected chi connectivity index (χ1v) is 11.7. The minimum absolute atomic E-state index is 0.0666. The van der Waals surface area contributed by atoms with Gasteiger partial charge in [-0.15, -0.1) is 0 Å². The van der Waals surface area contributed by atoms with Gasteiger partial charge in [0, 0.05) is 50.9 Å². The maximum Gasteiger partial charge on any atom is 0.303 e. The van der Waals surface area contributed by atoms with Gasteiger partial charge in [-0.2, -0.15) is 0 Å². The smallest absolute Gasteiger partial charge is 0.303 e. The number of hydrogen-bond donors (Lipinski definition) is 0. The van der Waals surface area contributed by atoms with Gasteiger partial charge < -0.3 is 14.2 Å². The molecule has 0 bridgehead atoms. The summed E-state index contributed by atoms with van der Waals surface area (Å²) in [4.78, 5) is 48.7. The van der Waals surface area contributed by atoms with E-state index in [2.05, 4.69) is 6.92 Å². The summed E-state index contributed by atoms with van der Waals surface area (Å²) in [6, 6.07) is 0. The van der Waals surface area contributed by atoms with Crippen molar-refractivity contribution >= 4 is 23.7 Å².